The predicted molar refractivity (Wildman–Crippen MR) is 218 cm³/mol. The topological polar surface area (TPSA) is 113 Å². The number of hydrogen-bond acceptors (Lipinski definition) is 12. The molecule has 5 aliphatic heterocycles. The van der Waals surface area contributed by atoms with E-state index in [0.29, 0.717) is 12.1 Å². The van der Waals surface area contributed by atoms with Crippen molar-refractivity contribution in [2.75, 3.05) is 22.9 Å². The van der Waals surface area contributed by atoms with E-state index in [4.69, 9.17) is 27.9 Å². The van der Waals surface area contributed by atoms with Crippen LogP contribution in [-0.4, -0.2) is 101 Å². The van der Waals surface area contributed by atoms with Crippen molar-refractivity contribution in [3.8, 4) is 0 Å². The van der Waals surface area contributed by atoms with Gasteiger partial charge in [-0.1, -0.05) is 0 Å². The molecule has 5 fully saturated rings. The Balaban J connectivity index is 0.000000169. The summed E-state index contributed by atoms with van der Waals surface area (Å²) >= 11 is 3.33. The average molecular weight is 800 g/mol. The first-order valence-electron chi connectivity index (χ1n) is 19.1. The Hall–Kier alpha value is -1.81. The van der Waals surface area contributed by atoms with E-state index in [9.17, 15) is 0 Å². The Morgan fingerprint density at radius 2 is 0.962 bits per heavy atom. The number of hydrogen-bond donors (Lipinski definition) is 0. The van der Waals surface area contributed by atoms with E-state index in [1.54, 1.807) is 12.4 Å². The second kappa shape index (κ2) is 16.7. The molecule has 0 amide bonds. The summed E-state index contributed by atoms with van der Waals surface area (Å²) in [7, 11) is 0.963. The van der Waals surface area contributed by atoms with Gasteiger partial charge in [-0.15, -0.1) is 0 Å². The predicted octanol–water partition coefficient (Wildman–Crippen LogP) is 6.83. The molecule has 7 heterocycles. The van der Waals surface area contributed by atoms with Gasteiger partial charge in [0.15, 0.2) is 0 Å². The van der Waals surface area contributed by atoms with Gasteiger partial charge >= 0.3 is 21.9 Å². The third kappa shape index (κ3) is 10.5. The first-order valence-corrected chi connectivity index (χ1v) is 19.9. The van der Waals surface area contributed by atoms with Gasteiger partial charge in [0.1, 0.15) is 0 Å². The highest BCUT2D eigenvalue weighted by Crippen LogP contribution is 2.37. The second-order valence-electron chi connectivity index (χ2n) is 17.7. The van der Waals surface area contributed by atoms with Gasteiger partial charge in [-0.2, -0.15) is 0 Å². The average Bonchev–Trinajstić information content (AvgIpc) is 3.81. The van der Waals surface area contributed by atoms with Crippen molar-refractivity contribution in [3.63, 3.8) is 0 Å². The minimum Gasteiger partial charge on any atom is -0.405 e. The van der Waals surface area contributed by atoms with Crippen LogP contribution in [0.15, 0.2) is 29.3 Å². The van der Waals surface area contributed by atoms with E-state index in [1.807, 2.05) is 74.6 Å². The van der Waals surface area contributed by atoms with Crippen molar-refractivity contribution in [2.24, 2.45) is 0 Å². The molecule has 0 N–H and O–H groups in total. The van der Waals surface area contributed by atoms with Gasteiger partial charge < -0.3 is 37.7 Å². The van der Waals surface area contributed by atoms with Crippen LogP contribution >= 0.6 is 15.9 Å². The monoisotopic (exact) mass is 799 g/mol. The molecule has 2 atom stereocenters. The normalized spacial score (nSPS) is 26.9. The summed E-state index contributed by atoms with van der Waals surface area (Å²) in [6.07, 6.45) is 12.2. The molecule has 2 aromatic heterocycles. The maximum absolute atomic E-state index is 6.02. The minimum absolute atomic E-state index is 0.0648. The molecule has 7 rings (SSSR count). The number of anilines is 2. The van der Waals surface area contributed by atoms with Gasteiger partial charge in [-0.3, -0.25) is 0 Å². The van der Waals surface area contributed by atoms with Crippen molar-refractivity contribution in [1.29, 1.82) is 0 Å². The molecule has 2 aromatic rings. The molecule has 293 valence electrons. The third-order valence-electron chi connectivity index (χ3n) is 11.9. The fraction of sp³-hybridized carbons (Fsp3) is 0.784. The molecular formula is C37H63B3BrN6O6. The van der Waals surface area contributed by atoms with Crippen molar-refractivity contribution in [3.05, 3.63) is 29.3 Å². The molecular weight excluding hydrogens is 737 g/mol. The van der Waals surface area contributed by atoms with Crippen LogP contribution in [0.4, 0.5) is 11.9 Å². The van der Waals surface area contributed by atoms with Gasteiger partial charge in [-0.05, 0) is 145 Å². The summed E-state index contributed by atoms with van der Waals surface area (Å²) in [5.41, 5.74) is -0.484. The lowest BCUT2D eigenvalue weighted by molar-refractivity contribution is 0.00578. The van der Waals surface area contributed by atoms with Gasteiger partial charge in [0.05, 0.1) is 38.1 Å². The summed E-state index contributed by atoms with van der Waals surface area (Å²) < 4.78 is 34.5. The number of aromatic nitrogens is 4. The van der Waals surface area contributed by atoms with Crippen LogP contribution in [0.5, 0.6) is 0 Å². The molecule has 12 nitrogen and oxygen atoms in total. The first kappa shape index (κ1) is 43.9. The molecule has 53 heavy (non-hydrogen) atoms. The first-order chi connectivity index (χ1) is 24.4. The van der Waals surface area contributed by atoms with Crippen LogP contribution in [0.3, 0.4) is 0 Å². The van der Waals surface area contributed by atoms with Crippen LogP contribution in [0.2, 0.25) is 6.82 Å². The Morgan fingerprint density at radius 1 is 0.604 bits per heavy atom. The number of nitrogens with zero attached hydrogens (tertiary/aromatic N) is 6. The van der Waals surface area contributed by atoms with Crippen LogP contribution in [0.25, 0.3) is 0 Å². The molecule has 0 aromatic carbocycles. The van der Waals surface area contributed by atoms with Crippen LogP contribution in [0.1, 0.15) is 123 Å². The quantitative estimate of drug-likeness (QED) is 0.304. The minimum atomic E-state index is -0.389. The van der Waals surface area contributed by atoms with E-state index < -0.39 is 0 Å². The summed E-state index contributed by atoms with van der Waals surface area (Å²) in [5, 5.41) is 0. The molecule has 5 aliphatic rings. The van der Waals surface area contributed by atoms with Crippen LogP contribution in [0, 0.1) is 0 Å². The van der Waals surface area contributed by atoms with Crippen LogP contribution < -0.4 is 15.3 Å². The van der Waals surface area contributed by atoms with Gasteiger partial charge in [-0.25, -0.2) is 19.9 Å². The summed E-state index contributed by atoms with van der Waals surface area (Å²) in [4.78, 5) is 22.1. The van der Waals surface area contributed by atoms with Crippen molar-refractivity contribution < 1.29 is 27.9 Å². The third-order valence-corrected chi connectivity index (χ3v) is 12.3. The molecule has 1 radical (unpaired) electrons. The van der Waals surface area contributed by atoms with E-state index in [1.165, 1.54) is 33.4 Å². The fourth-order valence-electron chi connectivity index (χ4n) is 6.18. The van der Waals surface area contributed by atoms with Gasteiger partial charge in [0.25, 0.3) is 0 Å². The van der Waals surface area contributed by atoms with Crippen LogP contribution in [-0.2, 0) is 27.9 Å². The zero-order chi connectivity index (χ0) is 39.6. The standard InChI is InChI=1S/C15H24BN3O2.C9H12BrN3.C7H15BO2.C6H12BO2/c1-11-7-6-8-19(11)13-17-9-12(10-18-13)16-20-14(2,3)15(4,5)21-16;1-7-3-2-4-13(7)9-11-5-8(10)6-12-9;1-6(2)7(3,4)10-8(5)9-6;1-5(2)6(3,4)9-7-8-5/h9-11H,6-8H2,1-5H3;5-7H,2-4H2,1H3;1-5H3;1-4H3/t11-;7-;;/m11../s1. The lowest BCUT2D eigenvalue weighted by Crippen LogP contribution is -2.41. The Kier molecular flexibility index (Phi) is 13.9. The second-order valence-corrected chi connectivity index (χ2v) is 18.6. The molecule has 5 saturated heterocycles. The number of halogens is 1. The molecule has 0 unspecified atom stereocenters. The zero-order valence-electron chi connectivity index (χ0n) is 34.9. The molecule has 0 saturated carbocycles. The smallest absolute Gasteiger partial charge is 0.405 e. The summed E-state index contributed by atoms with van der Waals surface area (Å²) in [6.45, 7) is 32.9. The van der Waals surface area contributed by atoms with Crippen molar-refractivity contribution in [2.45, 2.75) is 175 Å². The molecule has 0 bridgehead atoms. The van der Waals surface area contributed by atoms with E-state index in [-0.39, 0.29) is 47.8 Å². The molecule has 0 aliphatic carbocycles. The van der Waals surface area contributed by atoms with E-state index in [2.05, 4.69) is 87.2 Å². The van der Waals surface area contributed by atoms with E-state index >= 15 is 0 Å². The number of rotatable bonds is 3. The molecule has 0 spiro atoms. The SMILES string of the molecule is CB1OC(C)(C)C(C)(C)O1.CC1(C)O[B]OC1(C)C.C[C@@H]1CCCN1c1ncc(B2OC(C)(C)C(C)(C)O2)cn1.C[C@@H]1CCCN1c1ncc(Br)cn1. The Labute approximate surface area is 329 Å². The maximum atomic E-state index is 6.02. The van der Waals surface area contributed by atoms with Crippen molar-refractivity contribution in [1.82, 2.24) is 19.9 Å². The summed E-state index contributed by atoms with van der Waals surface area (Å²) in [6, 6.07) is 1.11. The fourth-order valence-corrected chi connectivity index (χ4v) is 6.39. The Morgan fingerprint density at radius 3 is 1.25 bits per heavy atom. The molecule has 16 heteroatoms. The Bertz CT molecular complexity index is 1440. The largest absolute Gasteiger partial charge is 0.498 e. The van der Waals surface area contributed by atoms with Crippen molar-refractivity contribution >= 4 is 55.2 Å². The van der Waals surface area contributed by atoms with Gasteiger partial charge in [0, 0.05) is 55.4 Å². The maximum Gasteiger partial charge on any atom is 0.498 e. The highest BCUT2D eigenvalue weighted by atomic mass is 79.9. The lowest BCUT2D eigenvalue weighted by Gasteiger charge is -2.32. The van der Waals surface area contributed by atoms with Gasteiger partial charge in [0.2, 0.25) is 11.9 Å². The highest BCUT2D eigenvalue weighted by Gasteiger charge is 2.52. The van der Waals surface area contributed by atoms with E-state index in [0.717, 1.165) is 34.9 Å². The summed E-state index contributed by atoms with van der Waals surface area (Å²) in [5.74, 6) is 1.66. The highest BCUT2D eigenvalue weighted by molar-refractivity contribution is 9.10. The zero-order valence-corrected chi connectivity index (χ0v) is 36.5. The lowest BCUT2D eigenvalue weighted by atomic mass is 9.81.